The van der Waals surface area contributed by atoms with Crippen LogP contribution in [-0.4, -0.2) is 20.5 Å². The highest BCUT2D eigenvalue weighted by molar-refractivity contribution is 6.30. The number of carbonyl (C=O) groups excluding carboxylic acids is 1. The summed E-state index contributed by atoms with van der Waals surface area (Å²) in [6.45, 7) is 1.53. The molecule has 0 aliphatic heterocycles. The number of halogens is 1. The SMILES string of the molecule is Cc1cn(CC(=O)c2ccc(Cl)cc2)nc1[N+](=O)[O-]. The largest absolute Gasteiger partial charge is 0.392 e. The molecule has 0 bridgehead atoms. The molecule has 2 rings (SSSR count). The summed E-state index contributed by atoms with van der Waals surface area (Å²) in [6, 6.07) is 6.45. The minimum absolute atomic E-state index is 0.0453. The van der Waals surface area contributed by atoms with E-state index in [9.17, 15) is 14.9 Å². The van der Waals surface area contributed by atoms with E-state index in [2.05, 4.69) is 5.10 Å². The lowest BCUT2D eigenvalue weighted by molar-refractivity contribution is -0.390. The Labute approximate surface area is 113 Å². The molecule has 1 aromatic carbocycles. The van der Waals surface area contributed by atoms with Crippen molar-refractivity contribution in [2.75, 3.05) is 0 Å². The molecule has 0 fully saturated rings. The summed E-state index contributed by atoms with van der Waals surface area (Å²) in [7, 11) is 0. The third-order valence-electron chi connectivity index (χ3n) is 2.56. The van der Waals surface area contributed by atoms with Gasteiger partial charge in [-0.3, -0.25) is 4.79 Å². The lowest BCUT2D eigenvalue weighted by Crippen LogP contribution is -2.11. The molecular weight excluding hydrogens is 270 g/mol. The molecule has 98 valence electrons. The van der Waals surface area contributed by atoms with Gasteiger partial charge in [0, 0.05) is 10.6 Å². The Kier molecular flexibility index (Phi) is 3.62. The Morgan fingerprint density at radius 1 is 1.42 bits per heavy atom. The molecule has 7 heteroatoms. The predicted octanol–water partition coefficient (Wildman–Crippen LogP) is 2.64. The molecule has 0 atom stereocenters. The zero-order valence-corrected chi connectivity index (χ0v) is 10.8. The van der Waals surface area contributed by atoms with E-state index in [1.807, 2.05) is 0 Å². The molecule has 0 aliphatic carbocycles. The normalized spacial score (nSPS) is 10.4. The number of ketones is 1. The van der Waals surface area contributed by atoms with Gasteiger partial charge in [-0.1, -0.05) is 11.6 Å². The topological polar surface area (TPSA) is 78.0 Å². The zero-order chi connectivity index (χ0) is 14.0. The summed E-state index contributed by atoms with van der Waals surface area (Å²) in [6.07, 6.45) is 1.48. The number of hydrogen-bond donors (Lipinski definition) is 0. The van der Waals surface area contributed by atoms with Crippen LogP contribution in [0.2, 0.25) is 5.02 Å². The van der Waals surface area contributed by atoms with E-state index in [-0.39, 0.29) is 18.1 Å². The van der Waals surface area contributed by atoms with Crippen molar-refractivity contribution in [2.45, 2.75) is 13.5 Å². The maximum absolute atomic E-state index is 11.9. The predicted molar refractivity (Wildman–Crippen MR) is 69.4 cm³/mol. The fourth-order valence-electron chi connectivity index (χ4n) is 1.65. The van der Waals surface area contributed by atoms with Gasteiger partial charge >= 0.3 is 5.82 Å². The minimum Gasteiger partial charge on any atom is -0.358 e. The van der Waals surface area contributed by atoms with Crippen LogP contribution >= 0.6 is 11.6 Å². The van der Waals surface area contributed by atoms with Crippen molar-refractivity contribution in [3.63, 3.8) is 0 Å². The van der Waals surface area contributed by atoms with Crippen LogP contribution in [0, 0.1) is 17.0 Å². The van der Waals surface area contributed by atoms with Gasteiger partial charge in [0.05, 0.1) is 16.9 Å². The summed E-state index contributed by atoms with van der Waals surface area (Å²) in [5.74, 6) is -0.419. The molecule has 0 saturated heterocycles. The van der Waals surface area contributed by atoms with E-state index in [1.54, 1.807) is 31.2 Å². The van der Waals surface area contributed by atoms with E-state index < -0.39 is 4.92 Å². The van der Waals surface area contributed by atoms with E-state index in [0.717, 1.165) is 0 Å². The summed E-state index contributed by atoms with van der Waals surface area (Å²) in [5.41, 5.74) is 0.911. The molecule has 0 unspecified atom stereocenters. The molecule has 1 aromatic heterocycles. The van der Waals surface area contributed by atoms with Gasteiger partial charge in [0.15, 0.2) is 5.78 Å². The molecule has 6 nitrogen and oxygen atoms in total. The summed E-state index contributed by atoms with van der Waals surface area (Å²) >= 11 is 5.73. The second kappa shape index (κ2) is 5.19. The quantitative estimate of drug-likeness (QED) is 0.490. The highest BCUT2D eigenvalue weighted by atomic mass is 35.5. The van der Waals surface area contributed by atoms with Gasteiger partial charge in [0.2, 0.25) is 0 Å². The molecule has 0 spiro atoms. The molecule has 0 amide bonds. The molecule has 0 radical (unpaired) electrons. The fraction of sp³-hybridized carbons (Fsp3) is 0.167. The number of aromatic nitrogens is 2. The minimum atomic E-state index is -0.571. The zero-order valence-electron chi connectivity index (χ0n) is 10.0. The van der Waals surface area contributed by atoms with Gasteiger partial charge in [0.25, 0.3) is 0 Å². The average Bonchev–Trinajstić information content (AvgIpc) is 2.71. The summed E-state index contributed by atoms with van der Waals surface area (Å²) < 4.78 is 1.27. The number of aryl methyl sites for hydroxylation is 1. The molecule has 0 aliphatic rings. The number of rotatable bonds is 4. The standard InChI is InChI=1S/C12H10ClN3O3/c1-8-6-15(14-12(8)16(18)19)7-11(17)9-2-4-10(13)5-3-9/h2-6H,7H2,1H3. The Balaban J connectivity index is 2.17. The maximum Gasteiger partial charge on any atom is 0.392 e. The van der Waals surface area contributed by atoms with Gasteiger partial charge in [-0.25, -0.2) is 0 Å². The molecule has 2 aromatic rings. The van der Waals surface area contributed by atoms with Crippen molar-refractivity contribution < 1.29 is 9.72 Å². The molecule has 0 saturated carbocycles. The van der Waals surface area contributed by atoms with Crippen LogP contribution in [0.3, 0.4) is 0 Å². The number of hydrogen-bond acceptors (Lipinski definition) is 4. The Hall–Kier alpha value is -2.21. The maximum atomic E-state index is 11.9. The van der Waals surface area contributed by atoms with Crippen molar-refractivity contribution in [1.29, 1.82) is 0 Å². The van der Waals surface area contributed by atoms with Gasteiger partial charge in [-0.05, 0) is 36.1 Å². The second-order valence-corrected chi connectivity index (χ2v) is 4.46. The van der Waals surface area contributed by atoms with Gasteiger partial charge in [-0.15, -0.1) is 0 Å². The third kappa shape index (κ3) is 2.97. The van der Waals surface area contributed by atoms with Gasteiger partial charge in [-0.2, -0.15) is 4.68 Å². The van der Waals surface area contributed by atoms with Crippen molar-refractivity contribution in [3.8, 4) is 0 Å². The van der Waals surface area contributed by atoms with Gasteiger partial charge < -0.3 is 10.1 Å². The first-order chi connectivity index (χ1) is 8.97. The van der Waals surface area contributed by atoms with Gasteiger partial charge in [0.1, 0.15) is 6.54 Å². The lowest BCUT2D eigenvalue weighted by Gasteiger charge is -1.98. The van der Waals surface area contributed by atoms with Crippen molar-refractivity contribution in [2.24, 2.45) is 0 Å². The van der Waals surface area contributed by atoms with Crippen LogP contribution in [0.25, 0.3) is 0 Å². The monoisotopic (exact) mass is 279 g/mol. The van der Waals surface area contributed by atoms with E-state index in [4.69, 9.17) is 11.6 Å². The van der Waals surface area contributed by atoms with Crippen molar-refractivity contribution in [3.05, 3.63) is 56.7 Å². The van der Waals surface area contributed by atoms with Crippen LogP contribution in [0.5, 0.6) is 0 Å². The summed E-state index contributed by atoms with van der Waals surface area (Å²) in [4.78, 5) is 22.0. The van der Waals surface area contributed by atoms with Crippen LogP contribution < -0.4 is 0 Å². The Morgan fingerprint density at radius 3 is 2.58 bits per heavy atom. The first kappa shape index (κ1) is 13.2. The summed E-state index contributed by atoms with van der Waals surface area (Å²) in [5, 5.41) is 15.0. The number of benzene rings is 1. The van der Waals surface area contributed by atoms with E-state index >= 15 is 0 Å². The third-order valence-corrected chi connectivity index (χ3v) is 2.82. The highest BCUT2D eigenvalue weighted by Gasteiger charge is 2.18. The number of Topliss-reactive ketones (excluding diaryl/α,β-unsaturated/α-hetero) is 1. The molecule has 1 heterocycles. The second-order valence-electron chi connectivity index (χ2n) is 4.02. The number of carbonyl (C=O) groups is 1. The molecule has 19 heavy (non-hydrogen) atoms. The van der Waals surface area contributed by atoms with Crippen molar-refractivity contribution >= 4 is 23.2 Å². The van der Waals surface area contributed by atoms with Crippen LogP contribution in [0.4, 0.5) is 5.82 Å². The van der Waals surface area contributed by atoms with Crippen molar-refractivity contribution in [1.82, 2.24) is 9.78 Å². The highest BCUT2D eigenvalue weighted by Crippen LogP contribution is 2.15. The first-order valence-electron chi connectivity index (χ1n) is 5.44. The molecular formula is C12H10ClN3O3. The first-order valence-corrected chi connectivity index (χ1v) is 5.82. The Morgan fingerprint density at radius 2 is 2.05 bits per heavy atom. The van der Waals surface area contributed by atoms with Crippen LogP contribution in [0.15, 0.2) is 30.5 Å². The fourth-order valence-corrected chi connectivity index (χ4v) is 1.77. The smallest absolute Gasteiger partial charge is 0.358 e. The Bertz CT molecular complexity index is 634. The lowest BCUT2D eigenvalue weighted by atomic mass is 10.1. The van der Waals surface area contributed by atoms with E-state index in [1.165, 1.54) is 10.9 Å². The van der Waals surface area contributed by atoms with Crippen LogP contribution in [-0.2, 0) is 6.54 Å². The average molecular weight is 280 g/mol. The van der Waals surface area contributed by atoms with E-state index in [0.29, 0.717) is 16.1 Å². The van der Waals surface area contributed by atoms with Crippen LogP contribution in [0.1, 0.15) is 15.9 Å². The molecule has 0 N–H and O–H groups in total. The number of nitro groups is 1. The number of nitrogens with zero attached hydrogens (tertiary/aromatic N) is 3.